The van der Waals surface area contributed by atoms with Crippen LogP contribution in [0.3, 0.4) is 0 Å². The average molecular weight is 352 g/mol. The Hall–Kier alpha value is -2.04. The van der Waals surface area contributed by atoms with Gasteiger partial charge in [0.2, 0.25) is 0 Å². The van der Waals surface area contributed by atoms with Crippen molar-refractivity contribution in [3.8, 4) is 5.82 Å². The number of aromatic nitrogens is 3. The van der Waals surface area contributed by atoms with Gasteiger partial charge < -0.3 is 9.88 Å². The van der Waals surface area contributed by atoms with Crippen molar-refractivity contribution in [1.82, 2.24) is 19.7 Å². The lowest BCUT2D eigenvalue weighted by atomic mass is 9.49. The number of nitrogens with zero attached hydrogens (tertiary/aromatic N) is 3. The molecule has 0 aromatic carbocycles. The number of amides is 1. The third kappa shape index (κ3) is 2.68. The summed E-state index contributed by atoms with van der Waals surface area (Å²) >= 11 is 0. The number of carbonyl (C=O) groups is 1. The van der Waals surface area contributed by atoms with E-state index in [1.165, 1.54) is 38.5 Å². The molecule has 1 amide bonds. The monoisotopic (exact) mass is 352 g/mol. The Morgan fingerprint density at radius 1 is 1.15 bits per heavy atom. The zero-order valence-corrected chi connectivity index (χ0v) is 15.5. The summed E-state index contributed by atoms with van der Waals surface area (Å²) in [7, 11) is 1.88. The molecule has 26 heavy (non-hydrogen) atoms. The van der Waals surface area contributed by atoms with Crippen molar-refractivity contribution in [3.63, 3.8) is 0 Å². The van der Waals surface area contributed by atoms with Crippen molar-refractivity contribution in [1.29, 1.82) is 0 Å². The Morgan fingerprint density at radius 3 is 2.38 bits per heavy atom. The molecule has 1 N–H and O–H groups in total. The van der Waals surface area contributed by atoms with Gasteiger partial charge in [0.05, 0.1) is 6.20 Å². The first-order valence-corrected chi connectivity index (χ1v) is 10.1. The average Bonchev–Trinajstić information content (AvgIpc) is 3.22. The summed E-state index contributed by atoms with van der Waals surface area (Å²) in [5.41, 5.74) is 1.16. The summed E-state index contributed by atoms with van der Waals surface area (Å²) in [6, 6.07) is 3.92. The predicted octanol–water partition coefficient (Wildman–Crippen LogP) is 3.55. The van der Waals surface area contributed by atoms with Crippen LogP contribution >= 0.6 is 0 Å². The summed E-state index contributed by atoms with van der Waals surface area (Å²) in [6.07, 6.45) is 15.3. The summed E-state index contributed by atoms with van der Waals surface area (Å²) in [5, 5.41) is 7.48. The van der Waals surface area contributed by atoms with Crippen molar-refractivity contribution >= 4 is 5.91 Å². The highest BCUT2D eigenvalue weighted by molar-refractivity contribution is 5.97. The molecule has 0 spiro atoms. The van der Waals surface area contributed by atoms with Gasteiger partial charge in [-0.15, -0.1) is 0 Å². The Bertz CT molecular complexity index is 769. The fraction of sp³-hybridized carbons (Fsp3) is 0.619. The van der Waals surface area contributed by atoms with Gasteiger partial charge in [0.1, 0.15) is 11.4 Å². The quantitative estimate of drug-likeness (QED) is 0.895. The van der Waals surface area contributed by atoms with Crippen LogP contribution in [0, 0.1) is 23.2 Å². The number of carbonyl (C=O) groups excluding carboxylic acids is 1. The van der Waals surface area contributed by atoms with Crippen LogP contribution in [0.25, 0.3) is 5.82 Å². The smallest absolute Gasteiger partial charge is 0.256 e. The molecule has 4 aliphatic rings. The van der Waals surface area contributed by atoms with Crippen LogP contribution in [0.5, 0.6) is 0 Å². The van der Waals surface area contributed by atoms with Crippen molar-refractivity contribution in [2.24, 2.45) is 30.2 Å². The molecule has 5 nitrogen and oxygen atoms in total. The largest absolute Gasteiger partial charge is 0.352 e. The molecule has 2 aromatic heterocycles. The molecule has 4 fully saturated rings. The second-order valence-corrected chi connectivity index (χ2v) is 9.02. The Labute approximate surface area is 154 Å². The highest BCUT2D eigenvalue weighted by Gasteiger charge is 2.50. The molecule has 0 unspecified atom stereocenters. The van der Waals surface area contributed by atoms with Crippen LogP contribution in [0.15, 0.2) is 30.7 Å². The number of hydrogen-bond acceptors (Lipinski definition) is 2. The highest BCUT2D eigenvalue weighted by Crippen LogP contribution is 2.61. The van der Waals surface area contributed by atoms with Gasteiger partial charge in [-0.2, -0.15) is 5.10 Å². The number of hydrogen-bond donors (Lipinski definition) is 1. The van der Waals surface area contributed by atoms with E-state index < -0.39 is 0 Å². The van der Waals surface area contributed by atoms with Crippen LogP contribution in [0.1, 0.15) is 55.3 Å². The first kappa shape index (κ1) is 16.2. The van der Waals surface area contributed by atoms with Crippen molar-refractivity contribution in [2.75, 3.05) is 6.54 Å². The standard InChI is InChI=1S/C21H28N4O/c1-24-20(25-6-2-3-7-25)18(14-23-24)19(26)22-5-4-21-11-15-8-16(12-21)10-17(9-15)13-21/h2-3,6-7,14-17H,4-5,8-13H2,1H3,(H,22,26). The minimum absolute atomic E-state index is 0.00784. The molecule has 2 aromatic rings. The van der Waals surface area contributed by atoms with E-state index in [0.29, 0.717) is 11.0 Å². The van der Waals surface area contributed by atoms with Crippen LogP contribution < -0.4 is 5.32 Å². The summed E-state index contributed by atoms with van der Waals surface area (Å²) in [6.45, 7) is 0.783. The molecule has 0 aliphatic heterocycles. The predicted molar refractivity (Wildman–Crippen MR) is 100 cm³/mol. The number of aryl methyl sites for hydroxylation is 1. The zero-order chi connectivity index (χ0) is 17.7. The zero-order valence-electron chi connectivity index (χ0n) is 15.5. The van der Waals surface area contributed by atoms with Crippen molar-refractivity contribution < 1.29 is 4.79 Å². The molecule has 0 atom stereocenters. The van der Waals surface area contributed by atoms with E-state index in [9.17, 15) is 4.79 Å². The molecule has 4 aliphatic carbocycles. The molecule has 6 rings (SSSR count). The molecule has 4 saturated carbocycles. The van der Waals surface area contributed by atoms with E-state index in [0.717, 1.165) is 36.5 Å². The number of nitrogens with one attached hydrogen (secondary N) is 1. The van der Waals surface area contributed by atoms with Crippen LogP contribution in [0.2, 0.25) is 0 Å². The Morgan fingerprint density at radius 2 is 1.77 bits per heavy atom. The molecule has 5 heteroatoms. The topological polar surface area (TPSA) is 51.9 Å². The minimum Gasteiger partial charge on any atom is -0.352 e. The van der Waals surface area contributed by atoms with Crippen molar-refractivity contribution in [3.05, 3.63) is 36.3 Å². The second kappa shape index (κ2) is 6.00. The first-order valence-electron chi connectivity index (χ1n) is 10.1. The molecular formula is C21H28N4O. The lowest BCUT2D eigenvalue weighted by molar-refractivity contribution is -0.0564. The molecule has 0 radical (unpaired) electrons. The van der Waals surface area contributed by atoms with Crippen LogP contribution in [-0.2, 0) is 7.05 Å². The molecule has 4 bridgehead atoms. The van der Waals surface area contributed by atoms with Gasteiger partial charge in [-0.25, -0.2) is 0 Å². The molecule has 138 valence electrons. The summed E-state index contributed by atoms with van der Waals surface area (Å²) in [4.78, 5) is 12.8. The maximum Gasteiger partial charge on any atom is 0.256 e. The van der Waals surface area contributed by atoms with Gasteiger partial charge in [0.25, 0.3) is 5.91 Å². The maximum absolute atomic E-state index is 12.8. The minimum atomic E-state index is -0.00784. The van der Waals surface area contributed by atoms with Gasteiger partial charge in [0, 0.05) is 26.0 Å². The van der Waals surface area contributed by atoms with Gasteiger partial charge >= 0.3 is 0 Å². The van der Waals surface area contributed by atoms with E-state index >= 15 is 0 Å². The van der Waals surface area contributed by atoms with Gasteiger partial charge in [-0.3, -0.25) is 9.48 Å². The van der Waals surface area contributed by atoms with E-state index in [4.69, 9.17) is 0 Å². The highest BCUT2D eigenvalue weighted by atomic mass is 16.1. The molecular weight excluding hydrogens is 324 g/mol. The summed E-state index contributed by atoms with van der Waals surface area (Å²) in [5.74, 6) is 3.72. The molecule has 2 heterocycles. The lowest BCUT2D eigenvalue weighted by Gasteiger charge is -2.57. The normalized spacial score (nSPS) is 32.1. The Kier molecular flexibility index (Phi) is 3.73. The van der Waals surface area contributed by atoms with E-state index in [-0.39, 0.29) is 5.91 Å². The third-order valence-corrected chi connectivity index (χ3v) is 7.11. The SMILES string of the molecule is Cn1ncc(C(=O)NCCC23CC4CC(CC(C4)C2)C3)c1-n1cccc1. The fourth-order valence-corrected chi connectivity index (χ4v) is 6.51. The van der Waals surface area contributed by atoms with Gasteiger partial charge in [0.15, 0.2) is 0 Å². The summed E-state index contributed by atoms with van der Waals surface area (Å²) < 4.78 is 3.70. The lowest BCUT2D eigenvalue weighted by Crippen LogP contribution is -2.47. The van der Waals surface area contributed by atoms with E-state index in [2.05, 4.69) is 10.4 Å². The van der Waals surface area contributed by atoms with Crippen molar-refractivity contribution in [2.45, 2.75) is 44.9 Å². The number of rotatable bonds is 5. The van der Waals surface area contributed by atoms with Gasteiger partial charge in [-0.05, 0) is 80.2 Å². The first-order chi connectivity index (χ1) is 12.6. The van der Waals surface area contributed by atoms with E-state index in [1.54, 1.807) is 10.9 Å². The van der Waals surface area contributed by atoms with Crippen LogP contribution in [-0.4, -0.2) is 26.8 Å². The second-order valence-electron chi connectivity index (χ2n) is 9.02. The maximum atomic E-state index is 12.8. The van der Waals surface area contributed by atoms with E-state index in [1.807, 2.05) is 36.1 Å². The third-order valence-electron chi connectivity index (χ3n) is 7.11. The fourth-order valence-electron chi connectivity index (χ4n) is 6.51. The Balaban J connectivity index is 1.25. The molecule has 0 saturated heterocycles. The van der Waals surface area contributed by atoms with Crippen LogP contribution in [0.4, 0.5) is 0 Å². The van der Waals surface area contributed by atoms with Gasteiger partial charge in [-0.1, -0.05) is 0 Å².